The van der Waals surface area contributed by atoms with Crippen LogP contribution in [0.4, 0.5) is 4.39 Å². The van der Waals surface area contributed by atoms with Gasteiger partial charge in [-0.05, 0) is 30.5 Å². The van der Waals surface area contributed by atoms with Gasteiger partial charge in [0.25, 0.3) is 0 Å². The number of rotatable bonds is 5. The summed E-state index contributed by atoms with van der Waals surface area (Å²) in [6.07, 6.45) is 6.57. The Hall–Kier alpha value is -1.53. The molecule has 2 N–H and O–H groups in total. The van der Waals surface area contributed by atoms with Crippen molar-refractivity contribution < 1.29 is 9.13 Å². The van der Waals surface area contributed by atoms with Crippen LogP contribution in [0.1, 0.15) is 18.9 Å². The lowest BCUT2D eigenvalue weighted by Crippen LogP contribution is -2.21. The molecule has 16 heavy (non-hydrogen) atoms. The van der Waals surface area contributed by atoms with E-state index in [9.17, 15) is 4.39 Å². The van der Waals surface area contributed by atoms with Gasteiger partial charge in [-0.3, -0.25) is 0 Å². The minimum atomic E-state index is -0.393. The van der Waals surface area contributed by atoms with E-state index in [1.807, 2.05) is 13.0 Å². The van der Waals surface area contributed by atoms with E-state index in [1.165, 1.54) is 6.07 Å². The SMILES string of the molecule is C#CCOc1ccc(CC(N)CC)cc1F. The molecule has 0 aromatic heterocycles. The van der Waals surface area contributed by atoms with Crippen LogP contribution in [0.5, 0.6) is 5.75 Å². The molecule has 0 saturated heterocycles. The summed E-state index contributed by atoms with van der Waals surface area (Å²) in [6, 6.07) is 4.91. The topological polar surface area (TPSA) is 35.2 Å². The maximum atomic E-state index is 13.5. The molecule has 1 aromatic rings. The van der Waals surface area contributed by atoms with E-state index in [4.69, 9.17) is 16.9 Å². The highest BCUT2D eigenvalue weighted by Gasteiger charge is 2.06. The number of halogens is 1. The maximum absolute atomic E-state index is 13.5. The van der Waals surface area contributed by atoms with E-state index in [2.05, 4.69) is 5.92 Å². The van der Waals surface area contributed by atoms with Gasteiger partial charge in [-0.25, -0.2) is 4.39 Å². The number of benzene rings is 1. The normalized spacial score (nSPS) is 11.9. The van der Waals surface area contributed by atoms with Crippen LogP contribution in [0.2, 0.25) is 0 Å². The summed E-state index contributed by atoms with van der Waals surface area (Å²) < 4.78 is 18.5. The van der Waals surface area contributed by atoms with Gasteiger partial charge in [0.2, 0.25) is 0 Å². The average molecular weight is 221 g/mol. The molecule has 0 heterocycles. The largest absolute Gasteiger partial charge is 0.478 e. The number of hydrogen-bond donors (Lipinski definition) is 1. The van der Waals surface area contributed by atoms with Crippen LogP contribution in [-0.4, -0.2) is 12.6 Å². The molecular formula is C13H16FNO. The van der Waals surface area contributed by atoms with Crippen LogP contribution in [0.3, 0.4) is 0 Å². The molecule has 3 heteroatoms. The Morgan fingerprint density at radius 1 is 1.56 bits per heavy atom. The van der Waals surface area contributed by atoms with Gasteiger partial charge >= 0.3 is 0 Å². The zero-order valence-electron chi connectivity index (χ0n) is 9.37. The first kappa shape index (κ1) is 12.5. The second-order valence-electron chi connectivity index (χ2n) is 3.63. The van der Waals surface area contributed by atoms with Crippen LogP contribution < -0.4 is 10.5 Å². The highest BCUT2D eigenvalue weighted by molar-refractivity contribution is 5.30. The first-order valence-electron chi connectivity index (χ1n) is 5.27. The van der Waals surface area contributed by atoms with Gasteiger partial charge in [0.1, 0.15) is 6.61 Å². The molecule has 86 valence electrons. The predicted octanol–water partition coefficient (Wildman–Crippen LogP) is 2.12. The van der Waals surface area contributed by atoms with E-state index in [-0.39, 0.29) is 18.4 Å². The van der Waals surface area contributed by atoms with Crippen LogP contribution >= 0.6 is 0 Å². The second-order valence-corrected chi connectivity index (χ2v) is 3.63. The molecular weight excluding hydrogens is 205 g/mol. The number of hydrogen-bond acceptors (Lipinski definition) is 2. The predicted molar refractivity (Wildman–Crippen MR) is 62.7 cm³/mol. The zero-order valence-corrected chi connectivity index (χ0v) is 9.37. The van der Waals surface area contributed by atoms with Crippen LogP contribution in [0.15, 0.2) is 18.2 Å². The van der Waals surface area contributed by atoms with Gasteiger partial charge in [0.15, 0.2) is 11.6 Å². The van der Waals surface area contributed by atoms with Crippen LogP contribution in [0, 0.1) is 18.2 Å². The molecule has 0 aliphatic heterocycles. The molecule has 0 spiro atoms. The van der Waals surface area contributed by atoms with E-state index in [0.29, 0.717) is 6.42 Å². The fraction of sp³-hybridized carbons (Fsp3) is 0.385. The molecule has 1 aromatic carbocycles. The van der Waals surface area contributed by atoms with Crippen molar-refractivity contribution in [2.75, 3.05) is 6.61 Å². The Morgan fingerprint density at radius 2 is 2.31 bits per heavy atom. The van der Waals surface area contributed by atoms with Crippen LogP contribution in [-0.2, 0) is 6.42 Å². The number of ether oxygens (including phenoxy) is 1. The van der Waals surface area contributed by atoms with E-state index >= 15 is 0 Å². The fourth-order valence-electron chi connectivity index (χ4n) is 1.35. The van der Waals surface area contributed by atoms with Crippen molar-refractivity contribution in [2.45, 2.75) is 25.8 Å². The van der Waals surface area contributed by atoms with Crippen molar-refractivity contribution in [1.82, 2.24) is 0 Å². The molecule has 0 saturated carbocycles. The molecule has 1 atom stereocenters. The third-order valence-electron chi connectivity index (χ3n) is 2.33. The number of nitrogens with two attached hydrogens (primary N) is 1. The summed E-state index contributed by atoms with van der Waals surface area (Å²) in [4.78, 5) is 0. The van der Waals surface area contributed by atoms with E-state index < -0.39 is 5.82 Å². The van der Waals surface area contributed by atoms with E-state index in [0.717, 1.165) is 12.0 Å². The van der Waals surface area contributed by atoms with Crippen LogP contribution in [0.25, 0.3) is 0 Å². The molecule has 1 rings (SSSR count). The summed E-state index contributed by atoms with van der Waals surface area (Å²) in [6.45, 7) is 2.08. The Kier molecular flexibility index (Phi) is 4.81. The molecule has 0 amide bonds. The summed E-state index contributed by atoms with van der Waals surface area (Å²) in [5.74, 6) is 2.08. The fourth-order valence-corrected chi connectivity index (χ4v) is 1.35. The second kappa shape index (κ2) is 6.14. The highest BCUT2D eigenvalue weighted by atomic mass is 19.1. The summed E-state index contributed by atoms with van der Waals surface area (Å²) in [5.41, 5.74) is 6.67. The smallest absolute Gasteiger partial charge is 0.165 e. The first-order valence-corrected chi connectivity index (χ1v) is 5.27. The standard InChI is InChI=1S/C13H16FNO/c1-3-7-16-13-6-5-10(9-12(13)14)8-11(15)4-2/h1,5-6,9,11H,4,7-8,15H2,2H3. The lowest BCUT2D eigenvalue weighted by Gasteiger charge is -2.10. The van der Waals surface area contributed by atoms with E-state index in [1.54, 1.807) is 6.07 Å². The molecule has 0 bridgehead atoms. The van der Waals surface area contributed by atoms with Gasteiger partial charge < -0.3 is 10.5 Å². The molecule has 0 radical (unpaired) electrons. The Balaban J connectivity index is 2.71. The lowest BCUT2D eigenvalue weighted by molar-refractivity contribution is 0.348. The molecule has 0 fully saturated rings. The van der Waals surface area contributed by atoms with Gasteiger partial charge in [0, 0.05) is 6.04 Å². The minimum absolute atomic E-state index is 0.0666. The van der Waals surface area contributed by atoms with Crippen molar-refractivity contribution >= 4 is 0 Å². The van der Waals surface area contributed by atoms with Crippen molar-refractivity contribution in [3.63, 3.8) is 0 Å². The Morgan fingerprint density at radius 3 is 2.88 bits per heavy atom. The van der Waals surface area contributed by atoms with Gasteiger partial charge in [0.05, 0.1) is 0 Å². The van der Waals surface area contributed by atoms with Crippen molar-refractivity contribution in [2.24, 2.45) is 5.73 Å². The first-order chi connectivity index (χ1) is 7.67. The third kappa shape index (κ3) is 3.56. The van der Waals surface area contributed by atoms with Crippen molar-refractivity contribution in [3.8, 4) is 18.1 Å². The quantitative estimate of drug-likeness (QED) is 0.773. The molecule has 0 aliphatic carbocycles. The molecule has 0 aliphatic rings. The van der Waals surface area contributed by atoms with Gasteiger partial charge in [-0.2, -0.15) is 0 Å². The summed E-state index contributed by atoms with van der Waals surface area (Å²) in [5, 5.41) is 0. The highest BCUT2D eigenvalue weighted by Crippen LogP contribution is 2.19. The third-order valence-corrected chi connectivity index (χ3v) is 2.33. The van der Waals surface area contributed by atoms with Gasteiger partial charge in [-0.1, -0.05) is 18.9 Å². The zero-order chi connectivity index (χ0) is 12.0. The molecule has 1 unspecified atom stereocenters. The maximum Gasteiger partial charge on any atom is 0.165 e. The average Bonchev–Trinajstić information content (AvgIpc) is 2.28. The summed E-state index contributed by atoms with van der Waals surface area (Å²) in [7, 11) is 0. The lowest BCUT2D eigenvalue weighted by atomic mass is 10.0. The summed E-state index contributed by atoms with van der Waals surface area (Å²) >= 11 is 0. The Bertz CT molecular complexity index is 384. The number of terminal acetylenes is 1. The van der Waals surface area contributed by atoms with Crippen molar-refractivity contribution in [3.05, 3.63) is 29.6 Å². The molecule has 2 nitrogen and oxygen atoms in total. The van der Waals surface area contributed by atoms with Gasteiger partial charge in [-0.15, -0.1) is 6.42 Å². The Labute approximate surface area is 95.6 Å². The minimum Gasteiger partial charge on any atom is -0.478 e. The monoisotopic (exact) mass is 221 g/mol. The van der Waals surface area contributed by atoms with Crippen molar-refractivity contribution in [1.29, 1.82) is 0 Å².